The van der Waals surface area contributed by atoms with Crippen LogP contribution in [0, 0.1) is 0 Å². The SMILES string of the molecule is CCCCCC(=O)NNC(=S)NC(=O)c1cc(Br)ccc1OCC. The summed E-state index contributed by atoms with van der Waals surface area (Å²) in [6.45, 7) is 4.35. The van der Waals surface area contributed by atoms with Crippen LogP contribution < -0.4 is 20.9 Å². The van der Waals surface area contributed by atoms with Gasteiger partial charge in [-0.2, -0.15) is 0 Å². The van der Waals surface area contributed by atoms with E-state index in [4.69, 9.17) is 17.0 Å². The highest BCUT2D eigenvalue weighted by molar-refractivity contribution is 9.10. The third kappa shape index (κ3) is 7.27. The molecule has 0 bridgehead atoms. The fourth-order valence-corrected chi connectivity index (χ4v) is 2.39. The molecular formula is C16H22BrN3O3S. The summed E-state index contributed by atoms with van der Waals surface area (Å²) in [5, 5.41) is 2.53. The first-order chi connectivity index (χ1) is 11.5. The zero-order chi connectivity index (χ0) is 17.9. The average molecular weight is 416 g/mol. The normalized spacial score (nSPS) is 9.96. The number of hydrogen-bond donors (Lipinski definition) is 3. The van der Waals surface area contributed by atoms with Crippen molar-refractivity contribution in [2.45, 2.75) is 39.5 Å². The van der Waals surface area contributed by atoms with Gasteiger partial charge in [-0.3, -0.25) is 25.8 Å². The van der Waals surface area contributed by atoms with Gasteiger partial charge in [-0.15, -0.1) is 0 Å². The molecule has 1 aromatic rings. The number of rotatable bonds is 7. The van der Waals surface area contributed by atoms with E-state index < -0.39 is 5.91 Å². The molecular weight excluding hydrogens is 394 g/mol. The van der Waals surface area contributed by atoms with E-state index >= 15 is 0 Å². The minimum Gasteiger partial charge on any atom is -0.493 e. The average Bonchev–Trinajstić information content (AvgIpc) is 2.55. The highest BCUT2D eigenvalue weighted by atomic mass is 79.9. The zero-order valence-corrected chi connectivity index (χ0v) is 16.2. The van der Waals surface area contributed by atoms with E-state index in [9.17, 15) is 9.59 Å². The number of unbranched alkanes of at least 4 members (excludes halogenated alkanes) is 2. The predicted molar refractivity (Wildman–Crippen MR) is 101 cm³/mol. The zero-order valence-electron chi connectivity index (χ0n) is 13.8. The fraction of sp³-hybridized carbons (Fsp3) is 0.438. The van der Waals surface area contributed by atoms with E-state index in [1.165, 1.54) is 0 Å². The molecule has 1 rings (SSSR count). The second kappa shape index (κ2) is 11.0. The Morgan fingerprint density at radius 3 is 2.62 bits per heavy atom. The monoisotopic (exact) mass is 415 g/mol. The Morgan fingerprint density at radius 2 is 1.96 bits per heavy atom. The van der Waals surface area contributed by atoms with Gasteiger partial charge in [0.2, 0.25) is 5.91 Å². The van der Waals surface area contributed by atoms with Crippen LogP contribution in [0.5, 0.6) is 5.75 Å². The summed E-state index contributed by atoms with van der Waals surface area (Å²) in [5.41, 5.74) is 5.34. The smallest absolute Gasteiger partial charge is 0.261 e. The van der Waals surface area contributed by atoms with Crippen molar-refractivity contribution in [1.29, 1.82) is 0 Å². The van der Waals surface area contributed by atoms with Crippen LogP contribution in [0.25, 0.3) is 0 Å². The highest BCUT2D eigenvalue weighted by Crippen LogP contribution is 2.23. The van der Waals surface area contributed by atoms with Crippen molar-refractivity contribution in [3.05, 3.63) is 28.2 Å². The number of carbonyl (C=O) groups is 2. The maximum atomic E-state index is 12.3. The minimum absolute atomic E-state index is 0.0197. The molecule has 0 aliphatic heterocycles. The van der Waals surface area contributed by atoms with Crippen LogP contribution in [0.3, 0.4) is 0 Å². The van der Waals surface area contributed by atoms with Crippen LogP contribution >= 0.6 is 28.1 Å². The molecule has 0 saturated carbocycles. The van der Waals surface area contributed by atoms with Gasteiger partial charge in [-0.1, -0.05) is 35.7 Å². The van der Waals surface area contributed by atoms with Crippen LogP contribution in [-0.4, -0.2) is 23.5 Å². The van der Waals surface area contributed by atoms with Gasteiger partial charge in [-0.05, 0) is 43.8 Å². The van der Waals surface area contributed by atoms with Gasteiger partial charge in [0.15, 0.2) is 5.11 Å². The Hall–Kier alpha value is -1.67. The number of benzene rings is 1. The van der Waals surface area contributed by atoms with Gasteiger partial charge in [-0.25, -0.2) is 0 Å². The van der Waals surface area contributed by atoms with Gasteiger partial charge in [0.25, 0.3) is 5.91 Å². The first-order valence-electron chi connectivity index (χ1n) is 7.80. The molecule has 3 N–H and O–H groups in total. The first kappa shape index (κ1) is 20.4. The van der Waals surface area contributed by atoms with Crippen molar-refractivity contribution < 1.29 is 14.3 Å². The van der Waals surface area contributed by atoms with Crippen molar-refractivity contribution in [3.63, 3.8) is 0 Å². The molecule has 8 heteroatoms. The molecule has 0 aromatic heterocycles. The van der Waals surface area contributed by atoms with E-state index in [1.54, 1.807) is 18.2 Å². The third-order valence-electron chi connectivity index (χ3n) is 3.04. The lowest BCUT2D eigenvalue weighted by Crippen LogP contribution is -2.48. The number of carbonyl (C=O) groups excluding carboxylic acids is 2. The topological polar surface area (TPSA) is 79.5 Å². The minimum atomic E-state index is -0.419. The summed E-state index contributed by atoms with van der Waals surface area (Å²) in [4.78, 5) is 23.9. The molecule has 0 fully saturated rings. The molecule has 0 saturated heterocycles. The van der Waals surface area contributed by atoms with Crippen LogP contribution in [0.2, 0.25) is 0 Å². The Kier molecular flexibility index (Phi) is 9.33. The lowest BCUT2D eigenvalue weighted by Gasteiger charge is -2.13. The van der Waals surface area contributed by atoms with E-state index in [1.807, 2.05) is 6.92 Å². The number of hydrogen-bond acceptors (Lipinski definition) is 4. The Balaban J connectivity index is 2.54. The number of thiocarbonyl (C=S) groups is 1. The Labute approximate surface area is 155 Å². The molecule has 6 nitrogen and oxygen atoms in total. The number of nitrogens with one attached hydrogen (secondary N) is 3. The molecule has 0 atom stereocenters. The van der Waals surface area contributed by atoms with Crippen molar-refractivity contribution in [3.8, 4) is 5.75 Å². The highest BCUT2D eigenvalue weighted by Gasteiger charge is 2.14. The summed E-state index contributed by atoms with van der Waals surface area (Å²) < 4.78 is 6.18. The molecule has 0 unspecified atom stereocenters. The van der Waals surface area contributed by atoms with Crippen molar-refractivity contribution >= 4 is 45.1 Å². The fourth-order valence-electron chi connectivity index (χ4n) is 1.89. The largest absolute Gasteiger partial charge is 0.493 e. The Bertz CT molecular complexity index is 596. The number of ether oxygens (including phenoxy) is 1. The van der Waals surface area contributed by atoms with Crippen LogP contribution in [-0.2, 0) is 4.79 Å². The van der Waals surface area contributed by atoms with Crippen molar-refractivity contribution in [1.82, 2.24) is 16.2 Å². The molecule has 1 aromatic carbocycles. The van der Waals surface area contributed by atoms with E-state index in [2.05, 4.69) is 39.0 Å². The summed E-state index contributed by atoms with van der Waals surface area (Å²) >= 11 is 8.34. The second-order valence-corrected chi connectivity index (χ2v) is 6.31. The maximum absolute atomic E-state index is 12.3. The van der Waals surface area contributed by atoms with Crippen molar-refractivity contribution in [2.24, 2.45) is 0 Å². The lowest BCUT2D eigenvalue weighted by atomic mass is 10.2. The molecule has 0 spiro atoms. The molecule has 0 heterocycles. The summed E-state index contributed by atoms with van der Waals surface area (Å²) in [6, 6.07) is 5.13. The molecule has 0 radical (unpaired) electrons. The second-order valence-electron chi connectivity index (χ2n) is 4.99. The number of amides is 2. The van der Waals surface area contributed by atoms with Crippen LogP contribution in [0.1, 0.15) is 49.9 Å². The molecule has 132 valence electrons. The molecule has 2 amide bonds. The first-order valence-corrected chi connectivity index (χ1v) is 9.00. The molecule has 0 aliphatic carbocycles. The number of hydrazine groups is 1. The van der Waals surface area contributed by atoms with Gasteiger partial charge >= 0.3 is 0 Å². The van der Waals surface area contributed by atoms with E-state index in [-0.39, 0.29) is 11.0 Å². The third-order valence-corrected chi connectivity index (χ3v) is 3.73. The van der Waals surface area contributed by atoms with Gasteiger partial charge in [0, 0.05) is 10.9 Å². The molecule has 24 heavy (non-hydrogen) atoms. The predicted octanol–water partition coefficient (Wildman–Crippen LogP) is 3.06. The quantitative estimate of drug-likeness (QED) is 0.362. The summed E-state index contributed by atoms with van der Waals surface area (Å²) in [6.07, 6.45) is 3.28. The van der Waals surface area contributed by atoms with E-state index in [0.29, 0.717) is 24.3 Å². The van der Waals surface area contributed by atoms with Crippen molar-refractivity contribution in [2.75, 3.05) is 6.61 Å². The molecule has 0 aliphatic rings. The standard InChI is InChI=1S/C16H22BrN3O3S/c1-3-5-6-7-14(21)19-20-16(24)18-15(22)12-10-11(17)8-9-13(12)23-4-2/h8-10H,3-7H2,1-2H3,(H,19,21)(H2,18,20,22,24). The summed E-state index contributed by atoms with van der Waals surface area (Å²) in [7, 11) is 0. The van der Waals surface area contributed by atoms with Crippen LogP contribution in [0.4, 0.5) is 0 Å². The lowest BCUT2D eigenvalue weighted by molar-refractivity contribution is -0.121. The van der Waals surface area contributed by atoms with Gasteiger partial charge in [0.1, 0.15) is 5.75 Å². The van der Waals surface area contributed by atoms with Gasteiger partial charge < -0.3 is 4.74 Å². The summed E-state index contributed by atoms with van der Waals surface area (Å²) in [5.74, 6) is -0.125. The van der Waals surface area contributed by atoms with Crippen LogP contribution in [0.15, 0.2) is 22.7 Å². The number of halogens is 1. The Morgan fingerprint density at radius 1 is 1.21 bits per heavy atom. The van der Waals surface area contributed by atoms with E-state index in [0.717, 1.165) is 23.7 Å². The maximum Gasteiger partial charge on any atom is 0.261 e. The van der Waals surface area contributed by atoms with Gasteiger partial charge in [0.05, 0.1) is 12.2 Å².